The van der Waals surface area contributed by atoms with Crippen LogP contribution in [0.15, 0.2) is 0 Å². The Balaban J connectivity index is 1.68. The third kappa shape index (κ3) is 3.94. The fourth-order valence-corrected chi connectivity index (χ4v) is 2.96. The molecule has 2 unspecified atom stereocenters. The molecule has 3 nitrogen and oxygen atoms in total. The van der Waals surface area contributed by atoms with Gasteiger partial charge in [0.1, 0.15) is 0 Å². The van der Waals surface area contributed by atoms with Crippen molar-refractivity contribution >= 4 is 0 Å². The van der Waals surface area contributed by atoms with E-state index in [1.807, 2.05) is 7.05 Å². The van der Waals surface area contributed by atoms with Crippen LogP contribution >= 0.6 is 0 Å². The maximum Gasteiger partial charge on any atom is 0.0626 e. The third-order valence-electron chi connectivity index (χ3n) is 4.38. The fraction of sp³-hybridized carbons (Fsp3) is 1.00. The first-order chi connectivity index (χ1) is 8.29. The second kappa shape index (κ2) is 6.72. The molecule has 2 rings (SSSR count). The summed E-state index contributed by atoms with van der Waals surface area (Å²) in [6.45, 7) is 5.02. The number of likely N-dealkylation sites (N-methyl/N-ethyl adjacent to an activating group) is 1. The van der Waals surface area contributed by atoms with E-state index >= 15 is 0 Å². The zero-order valence-corrected chi connectivity index (χ0v) is 11.3. The molecule has 1 aliphatic carbocycles. The van der Waals surface area contributed by atoms with Gasteiger partial charge in [-0.1, -0.05) is 6.92 Å². The zero-order valence-electron chi connectivity index (χ0n) is 11.3. The summed E-state index contributed by atoms with van der Waals surface area (Å²) in [4.78, 5) is 0. The summed E-state index contributed by atoms with van der Waals surface area (Å²) in [5.41, 5.74) is 0. The van der Waals surface area contributed by atoms with E-state index in [1.165, 1.54) is 32.1 Å². The largest absolute Gasteiger partial charge is 0.381 e. The van der Waals surface area contributed by atoms with Crippen molar-refractivity contribution in [3.63, 3.8) is 0 Å². The van der Waals surface area contributed by atoms with E-state index in [0.29, 0.717) is 18.1 Å². The molecule has 0 aromatic rings. The van der Waals surface area contributed by atoms with Gasteiger partial charge in [0.2, 0.25) is 0 Å². The fourth-order valence-electron chi connectivity index (χ4n) is 2.96. The number of hydrogen-bond acceptors (Lipinski definition) is 3. The van der Waals surface area contributed by atoms with Crippen LogP contribution < -0.4 is 5.32 Å². The van der Waals surface area contributed by atoms with Gasteiger partial charge in [-0.25, -0.2) is 0 Å². The third-order valence-corrected chi connectivity index (χ3v) is 4.38. The topological polar surface area (TPSA) is 30.5 Å². The van der Waals surface area contributed by atoms with Gasteiger partial charge in [0, 0.05) is 18.6 Å². The molecule has 1 saturated heterocycles. The van der Waals surface area contributed by atoms with Crippen LogP contribution in [-0.4, -0.2) is 39.0 Å². The Hall–Kier alpha value is -0.120. The lowest BCUT2D eigenvalue weighted by molar-refractivity contribution is 0.000328. The molecule has 0 aromatic carbocycles. The van der Waals surface area contributed by atoms with Gasteiger partial charge in [-0.15, -0.1) is 0 Å². The maximum atomic E-state index is 6.08. The number of rotatable bonds is 5. The first-order valence-electron chi connectivity index (χ1n) is 7.16. The Morgan fingerprint density at radius 3 is 2.59 bits per heavy atom. The van der Waals surface area contributed by atoms with E-state index < -0.39 is 0 Å². The first kappa shape index (κ1) is 13.3. The SMILES string of the molecule is CNC(COC1CCC(C)CC1)C1CCOC1. The van der Waals surface area contributed by atoms with Crippen LogP contribution in [0.1, 0.15) is 39.0 Å². The van der Waals surface area contributed by atoms with Crippen molar-refractivity contribution in [3.8, 4) is 0 Å². The minimum Gasteiger partial charge on any atom is -0.381 e. The highest BCUT2D eigenvalue weighted by molar-refractivity contribution is 4.79. The lowest BCUT2D eigenvalue weighted by Gasteiger charge is -2.29. The van der Waals surface area contributed by atoms with Crippen LogP contribution in [-0.2, 0) is 9.47 Å². The van der Waals surface area contributed by atoms with E-state index in [9.17, 15) is 0 Å². The number of nitrogens with one attached hydrogen (secondary N) is 1. The molecule has 1 aliphatic heterocycles. The number of ether oxygens (including phenoxy) is 2. The first-order valence-corrected chi connectivity index (χ1v) is 7.16. The van der Waals surface area contributed by atoms with E-state index in [4.69, 9.17) is 9.47 Å². The minimum absolute atomic E-state index is 0.469. The molecule has 3 heteroatoms. The summed E-state index contributed by atoms with van der Waals surface area (Å²) in [6, 6.07) is 0.469. The summed E-state index contributed by atoms with van der Waals surface area (Å²) in [5.74, 6) is 1.54. The molecule has 0 amide bonds. The molecule has 2 aliphatic rings. The van der Waals surface area contributed by atoms with Gasteiger partial charge in [-0.2, -0.15) is 0 Å². The summed E-state index contributed by atoms with van der Waals surface area (Å²) in [6.07, 6.45) is 6.85. The Kier molecular flexibility index (Phi) is 5.26. The molecule has 0 aromatic heterocycles. The zero-order chi connectivity index (χ0) is 12.1. The summed E-state index contributed by atoms with van der Waals surface area (Å²) in [7, 11) is 2.04. The Labute approximate surface area is 105 Å². The van der Waals surface area contributed by atoms with Gasteiger partial charge >= 0.3 is 0 Å². The van der Waals surface area contributed by atoms with Crippen molar-refractivity contribution in [1.82, 2.24) is 5.32 Å². The quantitative estimate of drug-likeness (QED) is 0.800. The van der Waals surface area contributed by atoms with Crippen molar-refractivity contribution in [1.29, 1.82) is 0 Å². The van der Waals surface area contributed by atoms with Gasteiger partial charge in [0.05, 0.1) is 19.3 Å². The molecular formula is C14H27NO2. The lowest BCUT2D eigenvalue weighted by Crippen LogP contribution is -2.39. The van der Waals surface area contributed by atoms with Gasteiger partial charge in [0.25, 0.3) is 0 Å². The summed E-state index contributed by atoms with van der Waals surface area (Å²) < 4.78 is 11.5. The molecule has 2 atom stereocenters. The van der Waals surface area contributed by atoms with E-state index in [1.54, 1.807) is 0 Å². The summed E-state index contributed by atoms with van der Waals surface area (Å²) in [5, 5.41) is 3.39. The maximum absolute atomic E-state index is 6.08. The molecule has 1 heterocycles. The van der Waals surface area contributed by atoms with Crippen LogP contribution in [0.25, 0.3) is 0 Å². The van der Waals surface area contributed by atoms with Crippen LogP contribution in [0.5, 0.6) is 0 Å². The molecule has 2 fully saturated rings. The molecule has 100 valence electrons. The predicted molar refractivity (Wildman–Crippen MR) is 69.1 cm³/mol. The highest BCUT2D eigenvalue weighted by Crippen LogP contribution is 2.26. The molecule has 0 bridgehead atoms. The van der Waals surface area contributed by atoms with Gasteiger partial charge < -0.3 is 14.8 Å². The normalized spacial score (nSPS) is 36.0. The van der Waals surface area contributed by atoms with Crippen molar-refractivity contribution in [2.75, 3.05) is 26.9 Å². The van der Waals surface area contributed by atoms with Crippen molar-refractivity contribution in [2.24, 2.45) is 11.8 Å². The monoisotopic (exact) mass is 241 g/mol. The average Bonchev–Trinajstić information content (AvgIpc) is 2.86. The Bertz CT molecular complexity index is 208. The molecule has 17 heavy (non-hydrogen) atoms. The predicted octanol–water partition coefficient (Wildman–Crippen LogP) is 2.21. The summed E-state index contributed by atoms with van der Waals surface area (Å²) >= 11 is 0. The second-order valence-electron chi connectivity index (χ2n) is 5.73. The lowest BCUT2D eigenvalue weighted by atomic mass is 9.89. The van der Waals surface area contributed by atoms with Crippen molar-refractivity contribution in [2.45, 2.75) is 51.2 Å². The number of hydrogen-bond donors (Lipinski definition) is 1. The van der Waals surface area contributed by atoms with E-state index in [2.05, 4.69) is 12.2 Å². The Morgan fingerprint density at radius 2 is 2.00 bits per heavy atom. The van der Waals surface area contributed by atoms with Gasteiger partial charge in [0.15, 0.2) is 0 Å². The van der Waals surface area contributed by atoms with Crippen LogP contribution in [0.2, 0.25) is 0 Å². The van der Waals surface area contributed by atoms with E-state index in [-0.39, 0.29) is 0 Å². The van der Waals surface area contributed by atoms with Crippen LogP contribution in [0.3, 0.4) is 0 Å². The minimum atomic E-state index is 0.469. The van der Waals surface area contributed by atoms with E-state index in [0.717, 1.165) is 25.7 Å². The molecular weight excluding hydrogens is 214 g/mol. The van der Waals surface area contributed by atoms with Crippen molar-refractivity contribution < 1.29 is 9.47 Å². The van der Waals surface area contributed by atoms with Crippen LogP contribution in [0.4, 0.5) is 0 Å². The molecule has 0 spiro atoms. The molecule has 1 N–H and O–H groups in total. The average molecular weight is 241 g/mol. The highest BCUT2D eigenvalue weighted by atomic mass is 16.5. The molecule has 0 radical (unpaired) electrons. The molecule has 1 saturated carbocycles. The highest BCUT2D eigenvalue weighted by Gasteiger charge is 2.26. The Morgan fingerprint density at radius 1 is 1.24 bits per heavy atom. The van der Waals surface area contributed by atoms with Crippen LogP contribution in [0, 0.1) is 11.8 Å². The van der Waals surface area contributed by atoms with Gasteiger partial charge in [-0.05, 0) is 45.1 Å². The van der Waals surface area contributed by atoms with Gasteiger partial charge in [-0.3, -0.25) is 0 Å². The second-order valence-corrected chi connectivity index (χ2v) is 5.73. The van der Waals surface area contributed by atoms with Crippen molar-refractivity contribution in [3.05, 3.63) is 0 Å². The smallest absolute Gasteiger partial charge is 0.0626 e. The standard InChI is InChI=1S/C14H27NO2/c1-11-3-5-13(6-4-11)17-10-14(15-2)12-7-8-16-9-12/h11-15H,3-10H2,1-2H3.